The van der Waals surface area contributed by atoms with Crippen molar-refractivity contribution < 1.29 is 13.6 Å². The van der Waals surface area contributed by atoms with Gasteiger partial charge in [0.2, 0.25) is 17.7 Å². The Hall–Kier alpha value is -2.32. The Morgan fingerprint density at radius 1 is 1.22 bits per heavy atom. The molecule has 2 fully saturated rings. The van der Waals surface area contributed by atoms with Crippen LogP contribution in [0.15, 0.2) is 28.7 Å². The number of piperazine rings is 1. The molecule has 2 aromatic rings. The molecular formula is C19H24FN5O2. The number of aromatic nitrogens is 2. The molecule has 2 aliphatic rings. The predicted octanol–water partition coefficient (Wildman–Crippen LogP) is 1.83. The summed E-state index contributed by atoms with van der Waals surface area (Å²) in [6.07, 6.45) is 2.22. The van der Waals surface area contributed by atoms with Gasteiger partial charge in [0.1, 0.15) is 5.82 Å². The minimum atomic E-state index is -0.296. The van der Waals surface area contributed by atoms with E-state index in [0.29, 0.717) is 29.9 Å². The molecule has 7 nitrogen and oxygen atoms in total. The maximum absolute atomic E-state index is 13.1. The molecule has 1 saturated heterocycles. The van der Waals surface area contributed by atoms with Crippen molar-refractivity contribution in [1.82, 2.24) is 25.3 Å². The van der Waals surface area contributed by atoms with Gasteiger partial charge in [-0.3, -0.25) is 14.6 Å². The summed E-state index contributed by atoms with van der Waals surface area (Å²) in [5, 5.41) is 11.3. The number of halogens is 1. The minimum Gasteiger partial charge on any atom is -0.419 e. The van der Waals surface area contributed by atoms with E-state index in [0.717, 1.165) is 39.0 Å². The molecule has 1 N–H and O–H groups in total. The highest BCUT2D eigenvalue weighted by Crippen LogP contribution is 2.25. The second-order valence-corrected chi connectivity index (χ2v) is 7.28. The van der Waals surface area contributed by atoms with Gasteiger partial charge in [-0.2, -0.15) is 0 Å². The second-order valence-electron chi connectivity index (χ2n) is 7.28. The molecule has 0 bridgehead atoms. The van der Waals surface area contributed by atoms with Crippen molar-refractivity contribution in [2.75, 3.05) is 32.7 Å². The molecule has 1 aliphatic heterocycles. The zero-order valence-corrected chi connectivity index (χ0v) is 15.4. The first-order chi connectivity index (χ1) is 13.1. The van der Waals surface area contributed by atoms with Crippen molar-refractivity contribution in [2.45, 2.75) is 31.8 Å². The van der Waals surface area contributed by atoms with Crippen molar-refractivity contribution in [3.8, 4) is 11.5 Å². The highest BCUT2D eigenvalue weighted by Gasteiger charge is 2.28. The zero-order valence-electron chi connectivity index (χ0n) is 15.4. The largest absolute Gasteiger partial charge is 0.419 e. The standard InChI is InChI=1S/C19H24FN5O2/c1-13(18-22-23-19(27-18)14-2-4-15(20)5-3-14)25-10-8-24(9-11-25)12-17(26)21-16-6-7-16/h2-5,13,16H,6-12H2,1H3,(H,21,26). The van der Waals surface area contributed by atoms with Crippen LogP contribution in [-0.4, -0.2) is 64.7 Å². The number of amides is 1. The van der Waals surface area contributed by atoms with E-state index in [9.17, 15) is 9.18 Å². The molecule has 27 heavy (non-hydrogen) atoms. The van der Waals surface area contributed by atoms with Crippen LogP contribution >= 0.6 is 0 Å². The van der Waals surface area contributed by atoms with Crippen LogP contribution in [0.3, 0.4) is 0 Å². The molecule has 0 spiro atoms. The SMILES string of the molecule is CC(c1nnc(-c2ccc(F)cc2)o1)N1CCN(CC(=O)NC2CC2)CC1. The van der Waals surface area contributed by atoms with Gasteiger partial charge in [-0.15, -0.1) is 10.2 Å². The molecule has 8 heteroatoms. The fraction of sp³-hybridized carbons (Fsp3) is 0.526. The highest BCUT2D eigenvalue weighted by molar-refractivity contribution is 5.78. The van der Waals surface area contributed by atoms with Gasteiger partial charge in [0.15, 0.2) is 0 Å². The Morgan fingerprint density at radius 3 is 2.59 bits per heavy atom. The maximum Gasteiger partial charge on any atom is 0.247 e. The number of rotatable bonds is 6. The van der Waals surface area contributed by atoms with Crippen LogP contribution in [0.4, 0.5) is 4.39 Å². The van der Waals surface area contributed by atoms with E-state index in [1.54, 1.807) is 12.1 Å². The van der Waals surface area contributed by atoms with Gasteiger partial charge in [-0.1, -0.05) is 0 Å². The third-order valence-electron chi connectivity index (χ3n) is 5.15. The van der Waals surface area contributed by atoms with Gasteiger partial charge in [0, 0.05) is 37.8 Å². The van der Waals surface area contributed by atoms with Gasteiger partial charge in [0.05, 0.1) is 12.6 Å². The van der Waals surface area contributed by atoms with Gasteiger partial charge < -0.3 is 9.73 Å². The summed E-state index contributed by atoms with van der Waals surface area (Å²) in [5.74, 6) is 0.775. The van der Waals surface area contributed by atoms with Crippen LogP contribution in [0, 0.1) is 5.82 Å². The molecule has 1 unspecified atom stereocenters. The lowest BCUT2D eigenvalue weighted by atomic mass is 10.2. The van der Waals surface area contributed by atoms with Crippen LogP contribution in [-0.2, 0) is 4.79 Å². The fourth-order valence-electron chi connectivity index (χ4n) is 3.28. The van der Waals surface area contributed by atoms with E-state index >= 15 is 0 Å². The molecule has 1 saturated carbocycles. The van der Waals surface area contributed by atoms with Gasteiger partial charge in [-0.25, -0.2) is 4.39 Å². The van der Waals surface area contributed by atoms with E-state index in [2.05, 4.69) is 25.3 Å². The van der Waals surface area contributed by atoms with Gasteiger partial charge in [-0.05, 0) is 44.0 Å². The van der Waals surface area contributed by atoms with E-state index < -0.39 is 0 Å². The first-order valence-electron chi connectivity index (χ1n) is 9.43. The van der Waals surface area contributed by atoms with Crippen molar-refractivity contribution in [3.63, 3.8) is 0 Å². The molecule has 2 heterocycles. The van der Waals surface area contributed by atoms with Crippen molar-refractivity contribution in [1.29, 1.82) is 0 Å². The minimum absolute atomic E-state index is 0.00543. The Labute approximate surface area is 157 Å². The first kappa shape index (κ1) is 18.1. The lowest BCUT2D eigenvalue weighted by molar-refractivity contribution is -0.122. The Balaban J connectivity index is 1.30. The molecule has 1 aromatic heterocycles. The summed E-state index contributed by atoms with van der Waals surface area (Å²) in [6, 6.07) is 6.41. The summed E-state index contributed by atoms with van der Waals surface area (Å²) < 4.78 is 18.9. The van der Waals surface area contributed by atoms with Crippen LogP contribution in [0.1, 0.15) is 31.7 Å². The van der Waals surface area contributed by atoms with Crippen LogP contribution in [0.2, 0.25) is 0 Å². The first-order valence-corrected chi connectivity index (χ1v) is 9.43. The molecular weight excluding hydrogens is 349 g/mol. The summed E-state index contributed by atoms with van der Waals surface area (Å²) in [6.45, 7) is 5.85. The molecule has 0 radical (unpaired) electrons. The van der Waals surface area contributed by atoms with Crippen LogP contribution < -0.4 is 5.32 Å². The predicted molar refractivity (Wildman–Crippen MR) is 97.3 cm³/mol. The van der Waals surface area contributed by atoms with E-state index in [4.69, 9.17) is 4.42 Å². The molecule has 1 aromatic carbocycles. The number of nitrogens with one attached hydrogen (secondary N) is 1. The molecule has 1 amide bonds. The average Bonchev–Trinajstić information content (AvgIpc) is 3.34. The van der Waals surface area contributed by atoms with E-state index in [1.807, 2.05) is 6.92 Å². The topological polar surface area (TPSA) is 74.5 Å². The number of carbonyl (C=O) groups excluding carboxylic acids is 1. The molecule has 1 atom stereocenters. The summed E-state index contributed by atoms with van der Waals surface area (Å²) in [7, 11) is 0. The van der Waals surface area contributed by atoms with Crippen molar-refractivity contribution in [2.24, 2.45) is 0 Å². The zero-order chi connectivity index (χ0) is 18.8. The molecule has 1 aliphatic carbocycles. The number of nitrogens with zero attached hydrogens (tertiary/aromatic N) is 4. The van der Waals surface area contributed by atoms with E-state index in [-0.39, 0.29) is 17.8 Å². The summed E-state index contributed by atoms with van der Waals surface area (Å²) in [4.78, 5) is 16.4. The van der Waals surface area contributed by atoms with Gasteiger partial charge >= 0.3 is 0 Å². The third-order valence-corrected chi connectivity index (χ3v) is 5.15. The monoisotopic (exact) mass is 373 g/mol. The lowest BCUT2D eigenvalue weighted by Gasteiger charge is -2.36. The number of hydrogen-bond donors (Lipinski definition) is 1. The second kappa shape index (κ2) is 7.74. The maximum atomic E-state index is 13.1. The Kier molecular flexibility index (Phi) is 5.18. The fourth-order valence-corrected chi connectivity index (χ4v) is 3.28. The Bertz CT molecular complexity index is 782. The average molecular weight is 373 g/mol. The summed E-state index contributed by atoms with van der Waals surface area (Å²) >= 11 is 0. The Morgan fingerprint density at radius 2 is 1.93 bits per heavy atom. The van der Waals surface area contributed by atoms with E-state index in [1.165, 1.54) is 12.1 Å². The molecule has 144 valence electrons. The highest BCUT2D eigenvalue weighted by atomic mass is 19.1. The van der Waals surface area contributed by atoms with Crippen LogP contribution in [0.25, 0.3) is 11.5 Å². The summed E-state index contributed by atoms with van der Waals surface area (Å²) in [5.41, 5.74) is 0.703. The smallest absolute Gasteiger partial charge is 0.247 e. The number of benzene rings is 1. The van der Waals surface area contributed by atoms with Gasteiger partial charge in [0.25, 0.3) is 0 Å². The number of carbonyl (C=O) groups is 1. The lowest BCUT2D eigenvalue weighted by Crippen LogP contribution is -2.50. The third kappa shape index (κ3) is 4.51. The normalized spacial score (nSPS) is 19.8. The van der Waals surface area contributed by atoms with Crippen molar-refractivity contribution in [3.05, 3.63) is 36.0 Å². The number of hydrogen-bond acceptors (Lipinski definition) is 6. The van der Waals surface area contributed by atoms with Crippen LogP contribution in [0.5, 0.6) is 0 Å². The van der Waals surface area contributed by atoms with Crippen molar-refractivity contribution >= 4 is 5.91 Å². The quantitative estimate of drug-likeness (QED) is 0.833. The molecule has 4 rings (SSSR count).